The second kappa shape index (κ2) is 14.7. The Hall–Kier alpha value is -1.20. The minimum Gasteiger partial charge on any atom is -0.502 e. The summed E-state index contributed by atoms with van der Waals surface area (Å²) in [5.74, 6) is 0. The molecule has 0 atom stereocenters. The van der Waals surface area contributed by atoms with E-state index in [1.807, 2.05) is 39.0 Å². The molecule has 128 valence electrons. The van der Waals surface area contributed by atoms with Crippen molar-refractivity contribution in [3.63, 3.8) is 0 Å². The molecule has 0 aromatic rings. The fraction of sp³-hybridized carbons (Fsp3) is 0.647. The van der Waals surface area contributed by atoms with Gasteiger partial charge in [0.2, 0.25) is 0 Å². The molecule has 0 N–H and O–H groups in total. The first-order chi connectivity index (χ1) is 10.7. The zero-order valence-electron chi connectivity index (χ0n) is 14.5. The standard InChI is InChI=1S/C17H32O4Si/c1-4-10-18-13-7-17(16-21-22,8-14-19-11-5-2)9-15-20-12-6-3/h4-6,10-12H,7-9,13-16H2,1-3,22H3. The normalized spacial score (nSPS) is 14.9. The third-order valence-corrected chi connectivity index (χ3v) is 3.69. The van der Waals surface area contributed by atoms with Gasteiger partial charge in [-0.15, -0.1) is 0 Å². The molecule has 0 spiro atoms. The van der Waals surface area contributed by atoms with Crippen LogP contribution < -0.4 is 0 Å². The fourth-order valence-electron chi connectivity index (χ4n) is 2.22. The molecule has 0 saturated carbocycles. The topological polar surface area (TPSA) is 36.9 Å². The number of allylic oxidation sites excluding steroid dienone is 3. The second-order valence-electron chi connectivity index (χ2n) is 5.20. The Morgan fingerprint density at radius 3 is 1.36 bits per heavy atom. The number of hydrogen-bond acceptors (Lipinski definition) is 4. The molecule has 0 saturated heterocycles. The number of hydrogen-bond donors (Lipinski definition) is 0. The lowest BCUT2D eigenvalue weighted by Crippen LogP contribution is -2.31. The molecule has 0 amide bonds. The maximum atomic E-state index is 5.60. The van der Waals surface area contributed by atoms with Gasteiger partial charge in [0.25, 0.3) is 0 Å². The molecule has 0 aromatic carbocycles. The van der Waals surface area contributed by atoms with Crippen molar-refractivity contribution < 1.29 is 18.6 Å². The predicted molar refractivity (Wildman–Crippen MR) is 94.5 cm³/mol. The summed E-state index contributed by atoms with van der Waals surface area (Å²) in [7, 11) is 0.736. The van der Waals surface area contributed by atoms with Gasteiger partial charge in [0.1, 0.15) is 10.5 Å². The summed E-state index contributed by atoms with van der Waals surface area (Å²) in [6.07, 6.45) is 13.7. The highest BCUT2D eigenvalue weighted by Gasteiger charge is 2.30. The quantitative estimate of drug-likeness (QED) is 0.279. The van der Waals surface area contributed by atoms with Crippen molar-refractivity contribution >= 4 is 10.5 Å². The summed E-state index contributed by atoms with van der Waals surface area (Å²) < 4.78 is 22.1. The van der Waals surface area contributed by atoms with Gasteiger partial charge in [-0.05, 0) is 40.0 Å². The van der Waals surface area contributed by atoms with Crippen LogP contribution in [-0.2, 0) is 18.6 Å². The fourth-order valence-corrected chi connectivity index (χ4v) is 2.83. The third-order valence-electron chi connectivity index (χ3n) is 3.40. The SMILES string of the molecule is CC=COCCC(CCOC=CC)(CCOC=CC)CO[SiH3]. The Labute approximate surface area is 138 Å². The molecule has 22 heavy (non-hydrogen) atoms. The first-order valence-electron chi connectivity index (χ1n) is 7.92. The molecule has 0 radical (unpaired) electrons. The van der Waals surface area contributed by atoms with Crippen LogP contribution in [-0.4, -0.2) is 36.9 Å². The molecule has 0 unspecified atom stereocenters. The lowest BCUT2D eigenvalue weighted by atomic mass is 9.79. The number of rotatable bonds is 14. The van der Waals surface area contributed by atoms with E-state index < -0.39 is 0 Å². The highest BCUT2D eigenvalue weighted by atomic mass is 28.2. The first kappa shape index (κ1) is 20.8. The summed E-state index contributed by atoms with van der Waals surface area (Å²) >= 11 is 0. The van der Waals surface area contributed by atoms with Crippen LogP contribution in [0.3, 0.4) is 0 Å². The van der Waals surface area contributed by atoms with Gasteiger partial charge in [-0.2, -0.15) is 0 Å². The Kier molecular flexibility index (Phi) is 13.9. The van der Waals surface area contributed by atoms with E-state index >= 15 is 0 Å². The van der Waals surface area contributed by atoms with Gasteiger partial charge in [0.15, 0.2) is 0 Å². The van der Waals surface area contributed by atoms with Gasteiger partial charge in [-0.1, -0.05) is 18.2 Å². The van der Waals surface area contributed by atoms with E-state index in [4.69, 9.17) is 18.6 Å². The summed E-state index contributed by atoms with van der Waals surface area (Å²) in [5.41, 5.74) is 0.0342. The minimum absolute atomic E-state index is 0.0342. The van der Waals surface area contributed by atoms with Gasteiger partial charge in [0.05, 0.1) is 38.6 Å². The predicted octanol–water partition coefficient (Wildman–Crippen LogP) is 3.09. The highest BCUT2D eigenvalue weighted by Crippen LogP contribution is 2.32. The molecule has 4 nitrogen and oxygen atoms in total. The van der Waals surface area contributed by atoms with Gasteiger partial charge >= 0.3 is 0 Å². The monoisotopic (exact) mass is 328 g/mol. The molecule has 0 fully saturated rings. The van der Waals surface area contributed by atoms with Crippen LogP contribution in [0, 0.1) is 5.41 Å². The molecule has 0 aromatic heterocycles. The first-order valence-corrected chi connectivity index (χ1v) is 8.73. The van der Waals surface area contributed by atoms with E-state index in [0.29, 0.717) is 19.8 Å². The van der Waals surface area contributed by atoms with Crippen LogP contribution in [0.15, 0.2) is 37.0 Å². The molecular formula is C17H32O4Si. The number of ether oxygens (including phenoxy) is 3. The average molecular weight is 329 g/mol. The second-order valence-corrected chi connectivity index (χ2v) is 5.78. The molecule has 0 bridgehead atoms. The molecular weight excluding hydrogens is 296 g/mol. The molecule has 0 rings (SSSR count). The van der Waals surface area contributed by atoms with Crippen molar-refractivity contribution in [3.05, 3.63) is 37.0 Å². The summed E-state index contributed by atoms with van der Waals surface area (Å²) in [5, 5.41) is 0. The van der Waals surface area contributed by atoms with E-state index in [-0.39, 0.29) is 5.41 Å². The van der Waals surface area contributed by atoms with E-state index in [0.717, 1.165) is 36.4 Å². The minimum atomic E-state index is 0.0342. The van der Waals surface area contributed by atoms with Crippen molar-refractivity contribution in [1.82, 2.24) is 0 Å². The van der Waals surface area contributed by atoms with Crippen molar-refractivity contribution in [2.75, 3.05) is 26.4 Å². The van der Waals surface area contributed by atoms with Gasteiger partial charge < -0.3 is 18.6 Å². The smallest absolute Gasteiger partial charge is 0.145 e. The van der Waals surface area contributed by atoms with Crippen molar-refractivity contribution in [2.45, 2.75) is 40.0 Å². The Morgan fingerprint density at radius 1 is 0.727 bits per heavy atom. The summed E-state index contributed by atoms with van der Waals surface area (Å²) in [6, 6.07) is 0. The van der Waals surface area contributed by atoms with Crippen molar-refractivity contribution in [2.24, 2.45) is 5.41 Å². The Bertz CT molecular complexity index is 281. The van der Waals surface area contributed by atoms with Gasteiger partial charge in [0, 0.05) is 12.0 Å². The Morgan fingerprint density at radius 2 is 1.09 bits per heavy atom. The lowest BCUT2D eigenvalue weighted by Gasteiger charge is -2.33. The molecule has 5 heteroatoms. The Balaban J connectivity index is 4.58. The molecule has 0 aliphatic heterocycles. The van der Waals surface area contributed by atoms with Crippen LogP contribution in [0.2, 0.25) is 0 Å². The average Bonchev–Trinajstić information content (AvgIpc) is 2.53. The van der Waals surface area contributed by atoms with Gasteiger partial charge in [-0.25, -0.2) is 0 Å². The van der Waals surface area contributed by atoms with Crippen LogP contribution in [0.1, 0.15) is 40.0 Å². The zero-order chi connectivity index (χ0) is 16.5. The summed E-state index contributed by atoms with van der Waals surface area (Å²) in [6.45, 7) is 8.63. The van der Waals surface area contributed by atoms with E-state index in [2.05, 4.69) is 0 Å². The van der Waals surface area contributed by atoms with Crippen molar-refractivity contribution in [3.8, 4) is 0 Å². The third kappa shape index (κ3) is 10.5. The van der Waals surface area contributed by atoms with Crippen LogP contribution in [0.25, 0.3) is 0 Å². The van der Waals surface area contributed by atoms with E-state index in [1.165, 1.54) is 0 Å². The van der Waals surface area contributed by atoms with E-state index in [9.17, 15) is 0 Å². The van der Waals surface area contributed by atoms with Crippen molar-refractivity contribution in [1.29, 1.82) is 0 Å². The van der Waals surface area contributed by atoms with Gasteiger partial charge in [-0.3, -0.25) is 0 Å². The largest absolute Gasteiger partial charge is 0.502 e. The van der Waals surface area contributed by atoms with Crippen LogP contribution >= 0.6 is 0 Å². The maximum absolute atomic E-state index is 5.60. The maximum Gasteiger partial charge on any atom is 0.145 e. The highest BCUT2D eigenvalue weighted by molar-refractivity contribution is 5.97. The lowest BCUT2D eigenvalue weighted by molar-refractivity contribution is 0.0457. The zero-order valence-corrected chi connectivity index (χ0v) is 16.5. The molecule has 0 heterocycles. The molecule has 0 aliphatic carbocycles. The molecule has 0 aliphatic rings. The van der Waals surface area contributed by atoms with E-state index in [1.54, 1.807) is 18.8 Å². The summed E-state index contributed by atoms with van der Waals surface area (Å²) in [4.78, 5) is 0. The van der Waals surface area contributed by atoms with Crippen LogP contribution in [0.4, 0.5) is 0 Å². The van der Waals surface area contributed by atoms with Crippen LogP contribution in [0.5, 0.6) is 0 Å².